The van der Waals surface area contributed by atoms with Crippen LogP contribution in [0, 0.1) is 5.82 Å². The highest BCUT2D eigenvalue weighted by atomic mass is 19.4. The molecule has 0 saturated carbocycles. The lowest BCUT2D eigenvalue weighted by molar-refractivity contribution is -0.192. The average molecular weight is 506 g/mol. The Balaban J connectivity index is 0.000000384. The summed E-state index contributed by atoms with van der Waals surface area (Å²) in [5.41, 5.74) is 9.43. The number of rotatable bonds is 3. The van der Waals surface area contributed by atoms with E-state index in [0.717, 1.165) is 37.1 Å². The minimum absolute atomic E-state index is 0.309. The van der Waals surface area contributed by atoms with Gasteiger partial charge in [-0.05, 0) is 51.2 Å². The van der Waals surface area contributed by atoms with E-state index in [4.69, 9.17) is 20.1 Å². The lowest BCUT2D eigenvalue weighted by Crippen LogP contribution is -2.31. The van der Waals surface area contributed by atoms with E-state index in [-0.39, 0.29) is 5.82 Å². The molecule has 13 heteroatoms. The second-order valence-corrected chi connectivity index (χ2v) is 8.33. The zero-order valence-electron chi connectivity index (χ0n) is 19.0. The highest BCUT2D eigenvalue weighted by Gasteiger charge is 2.38. The van der Waals surface area contributed by atoms with Gasteiger partial charge in [0.05, 0.1) is 17.8 Å². The standard InChI is InChI=1S/C21H21FN6O.C2HF3O2/c1-27-6-4-16(5-7-27)28-12-14(11-25-28)13-8-17(20(23)24-10-13)21-26-18-3-2-15(22)9-19(18)29-21;3-2(4,5)1(6)7/h2-3,8-12,16H,4-7H2,1H3,(H2,23,24);(H,6,7). The number of carboxylic acids is 1. The van der Waals surface area contributed by atoms with Gasteiger partial charge >= 0.3 is 12.1 Å². The molecular weight excluding hydrogens is 484 g/mol. The fourth-order valence-corrected chi connectivity index (χ4v) is 3.76. The van der Waals surface area contributed by atoms with Crippen LogP contribution in [0.25, 0.3) is 33.7 Å². The topological polar surface area (TPSA) is 123 Å². The maximum atomic E-state index is 13.5. The van der Waals surface area contributed by atoms with E-state index < -0.39 is 12.1 Å². The fraction of sp³-hybridized carbons (Fsp3) is 0.304. The molecule has 0 unspecified atom stereocenters. The number of piperidine rings is 1. The van der Waals surface area contributed by atoms with Crippen molar-refractivity contribution in [1.29, 1.82) is 0 Å². The molecule has 1 aliphatic heterocycles. The predicted molar refractivity (Wildman–Crippen MR) is 122 cm³/mol. The van der Waals surface area contributed by atoms with Gasteiger partial charge in [0.25, 0.3) is 0 Å². The van der Waals surface area contributed by atoms with Gasteiger partial charge in [-0.3, -0.25) is 4.68 Å². The average Bonchev–Trinajstić information content (AvgIpc) is 3.47. The van der Waals surface area contributed by atoms with Crippen LogP contribution in [-0.4, -0.2) is 62.0 Å². The molecule has 1 aromatic carbocycles. The van der Waals surface area contributed by atoms with E-state index in [9.17, 15) is 17.6 Å². The number of nitrogens with two attached hydrogens (primary N) is 1. The first kappa shape index (κ1) is 25.1. The number of oxazole rings is 1. The Morgan fingerprint density at radius 1 is 1.17 bits per heavy atom. The zero-order chi connectivity index (χ0) is 26.0. The molecule has 0 radical (unpaired) electrons. The van der Waals surface area contributed by atoms with Gasteiger partial charge in [-0.25, -0.2) is 19.2 Å². The van der Waals surface area contributed by atoms with Crippen molar-refractivity contribution >= 4 is 22.9 Å². The maximum absolute atomic E-state index is 13.5. The van der Waals surface area contributed by atoms with Gasteiger partial charge in [-0.2, -0.15) is 18.3 Å². The summed E-state index contributed by atoms with van der Waals surface area (Å²) in [5.74, 6) is -2.50. The Hall–Kier alpha value is -4.00. The molecule has 9 nitrogen and oxygen atoms in total. The third-order valence-corrected chi connectivity index (χ3v) is 5.74. The lowest BCUT2D eigenvalue weighted by atomic mass is 10.1. The monoisotopic (exact) mass is 506 g/mol. The second-order valence-electron chi connectivity index (χ2n) is 8.33. The first-order valence-corrected chi connectivity index (χ1v) is 10.9. The zero-order valence-corrected chi connectivity index (χ0v) is 19.0. The number of nitrogens with zero attached hydrogens (tertiary/aromatic N) is 5. The van der Waals surface area contributed by atoms with Crippen molar-refractivity contribution in [3.63, 3.8) is 0 Å². The fourth-order valence-electron chi connectivity index (χ4n) is 3.76. The van der Waals surface area contributed by atoms with Gasteiger partial charge in [-0.1, -0.05) is 0 Å². The van der Waals surface area contributed by atoms with Crippen molar-refractivity contribution in [3.05, 3.63) is 48.7 Å². The molecule has 190 valence electrons. The van der Waals surface area contributed by atoms with Crippen LogP contribution in [-0.2, 0) is 4.79 Å². The number of anilines is 1. The smallest absolute Gasteiger partial charge is 0.475 e. The van der Waals surface area contributed by atoms with Crippen molar-refractivity contribution in [3.8, 4) is 22.6 Å². The SMILES string of the molecule is CN1CCC(n2cc(-c3cnc(N)c(-c4nc5ccc(F)cc5o4)c3)cn2)CC1.O=C(O)C(F)(F)F. The van der Waals surface area contributed by atoms with E-state index in [0.29, 0.717) is 34.4 Å². The van der Waals surface area contributed by atoms with E-state index >= 15 is 0 Å². The number of hydrogen-bond donors (Lipinski definition) is 2. The van der Waals surface area contributed by atoms with Crippen LogP contribution in [0.4, 0.5) is 23.4 Å². The van der Waals surface area contributed by atoms with Crippen LogP contribution in [0.3, 0.4) is 0 Å². The molecule has 1 saturated heterocycles. The van der Waals surface area contributed by atoms with Crippen LogP contribution in [0.5, 0.6) is 0 Å². The first-order chi connectivity index (χ1) is 17.0. The highest BCUT2D eigenvalue weighted by Crippen LogP contribution is 2.32. The summed E-state index contributed by atoms with van der Waals surface area (Å²) in [6, 6.07) is 6.54. The van der Waals surface area contributed by atoms with Crippen molar-refractivity contribution in [1.82, 2.24) is 24.6 Å². The Kier molecular flexibility index (Phi) is 6.93. The molecule has 5 rings (SSSR count). The van der Waals surface area contributed by atoms with Gasteiger partial charge < -0.3 is 20.2 Å². The molecule has 3 aromatic heterocycles. The van der Waals surface area contributed by atoms with Gasteiger partial charge in [0, 0.05) is 29.6 Å². The van der Waals surface area contributed by atoms with Crippen molar-refractivity contribution in [2.45, 2.75) is 25.1 Å². The predicted octanol–water partition coefficient (Wildman–Crippen LogP) is 4.37. The number of alkyl halides is 3. The Morgan fingerprint density at radius 3 is 2.53 bits per heavy atom. The lowest BCUT2D eigenvalue weighted by Gasteiger charge is -2.28. The molecule has 36 heavy (non-hydrogen) atoms. The summed E-state index contributed by atoms with van der Waals surface area (Å²) < 4.78 is 53.0. The molecule has 3 N–H and O–H groups in total. The third kappa shape index (κ3) is 5.62. The van der Waals surface area contributed by atoms with Crippen LogP contribution in [0.15, 0.2) is 47.3 Å². The number of pyridine rings is 1. The van der Waals surface area contributed by atoms with Crippen molar-refractivity contribution in [2.75, 3.05) is 25.9 Å². The molecule has 0 atom stereocenters. The molecule has 0 amide bonds. The quantitative estimate of drug-likeness (QED) is 0.393. The Morgan fingerprint density at radius 2 is 1.86 bits per heavy atom. The van der Waals surface area contributed by atoms with Gasteiger partial charge in [0.15, 0.2) is 5.58 Å². The molecule has 4 heterocycles. The number of carbonyl (C=O) groups is 1. The maximum Gasteiger partial charge on any atom is 0.490 e. The minimum Gasteiger partial charge on any atom is -0.475 e. The van der Waals surface area contributed by atoms with E-state index in [1.165, 1.54) is 12.1 Å². The van der Waals surface area contributed by atoms with Gasteiger partial charge in [-0.15, -0.1) is 0 Å². The van der Waals surface area contributed by atoms with Crippen molar-refractivity contribution < 1.29 is 31.9 Å². The summed E-state index contributed by atoms with van der Waals surface area (Å²) in [5, 5.41) is 11.7. The minimum atomic E-state index is -5.08. The number of benzene rings is 1. The Bertz CT molecular complexity index is 1380. The van der Waals surface area contributed by atoms with Crippen LogP contribution >= 0.6 is 0 Å². The normalized spacial score (nSPS) is 15.0. The van der Waals surface area contributed by atoms with Crippen LogP contribution in [0.1, 0.15) is 18.9 Å². The number of hydrogen-bond acceptors (Lipinski definition) is 7. The number of aromatic nitrogens is 4. The number of nitrogen functional groups attached to an aromatic ring is 1. The third-order valence-electron chi connectivity index (χ3n) is 5.74. The second kappa shape index (κ2) is 9.93. The number of carboxylic acid groups (broad SMARTS) is 1. The summed E-state index contributed by atoms with van der Waals surface area (Å²) in [7, 11) is 2.15. The highest BCUT2D eigenvalue weighted by molar-refractivity contribution is 5.80. The van der Waals surface area contributed by atoms with Crippen LogP contribution < -0.4 is 5.73 Å². The van der Waals surface area contributed by atoms with Gasteiger partial charge in [0.1, 0.15) is 17.2 Å². The molecule has 4 aromatic rings. The molecule has 0 aliphatic carbocycles. The summed E-state index contributed by atoms with van der Waals surface area (Å²) in [4.78, 5) is 20.0. The van der Waals surface area contributed by atoms with E-state index in [1.807, 2.05) is 16.9 Å². The largest absolute Gasteiger partial charge is 0.490 e. The molecule has 0 spiro atoms. The molecule has 1 fully saturated rings. The van der Waals surface area contributed by atoms with Gasteiger partial charge in [0.2, 0.25) is 5.89 Å². The molecular formula is C23H22F4N6O3. The number of likely N-dealkylation sites (tertiary alicyclic amines) is 1. The number of aliphatic carboxylic acids is 1. The van der Waals surface area contributed by atoms with E-state index in [2.05, 4.69) is 33.2 Å². The van der Waals surface area contributed by atoms with Crippen LogP contribution in [0.2, 0.25) is 0 Å². The summed E-state index contributed by atoms with van der Waals surface area (Å²) in [6.07, 6.45) is 2.70. The van der Waals surface area contributed by atoms with Crippen molar-refractivity contribution in [2.24, 2.45) is 0 Å². The molecule has 1 aliphatic rings. The Labute approximate surface area is 202 Å². The van der Waals surface area contributed by atoms with E-state index in [1.54, 1.807) is 12.3 Å². The summed E-state index contributed by atoms with van der Waals surface area (Å²) in [6.45, 7) is 2.15. The number of halogens is 4. The molecule has 0 bridgehead atoms. The summed E-state index contributed by atoms with van der Waals surface area (Å²) >= 11 is 0. The number of fused-ring (bicyclic) bond motifs is 1. The first-order valence-electron chi connectivity index (χ1n) is 10.9.